The van der Waals surface area contributed by atoms with Crippen molar-refractivity contribution in [1.29, 1.82) is 0 Å². The average molecular weight is 460 g/mol. The van der Waals surface area contributed by atoms with Gasteiger partial charge in [0.15, 0.2) is 0 Å². The van der Waals surface area contributed by atoms with Crippen LogP contribution in [0.2, 0.25) is 0 Å². The van der Waals surface area contributed by atoms with Crippen LogP contribution in [0.1, 0.15) is 37.3 Å². The second-order valence-electron chi connectivity index (χ2n) is 8.20. The van der Waals surface area contributed by atoms with E-state index >= 15 is 0 Å². The van der Waals surface area contributed by atoms with Gasteiger partial charge in [-0.2, -0.15) is 0 Å². The zero-order valence-electron chi connectivity index (χ0n) is 19.1. The van der Waals surface area contributed by atoms with E-state index in [1.807, 2.05) is 19.1 Å². The predicted octanol–water partition coefficient (Wildman–Crippen LogP) is 3.15. The molecule has 0 saturated carbocycles. The first-order valence-corrected chi connectivity index (χ1v) is 12.9. The Morgan fingerprint density at radius 2 is 1.78 bits per heavy atom. The average Bonchev–Trinajstić information content (AvgIpc) is 3.28. The molecular formula is C24H33N3O4S. The second-order valence-corrected chi connectivity index (χ2v) is 10.1. The first-order valence-electron chi connectivity index (χ1n) is 11.0. The highest BCUT2D eigenvalue weighted by atomic mass is 32.2. The molecular weight excluding hydrogens is 426 g/mol. The standard InChI is InChI=1S/C24H33N3O4S/c1-4-23(27(32(3,29)30)21-10-12-22(31-2)13-11-21)24(28)25-17-19-8-7-9-20(16-19)18-26-14-5-6-15-26/h7-13,16,23H,4-6,14-15,17-18H2,1-3H3,(H,25,28)/t23-/m1/s1. The first-order chi connectivity index (χ1) is 15.3. The van der Waals surface area contributed by atoms with Gasteiger partial charge in [-0.05, 0) is 67.7 Å². The van der Waals surface area contributed by atoms with Gasteiger partial charge in [0.1, 0.15) is 11.8 Å². The van der Waals surface area contributed by atoms with Crippen LogP contribution in [0.4, 0.5) is 5.69 Å². The van der Waals surface area contributed by atoms with Crippen LogP contribution >= 0.6 is 0 Å². The summed E-state index contributed by atoms with van der Waals surface area (Å²) >= 11 is 0. The van der Waals surface area contributed by atoms with Gasteiger partial charge in [0.05, 0.1) is 19.1 Å². The third-order valence-corrected chi connectivity index (χ3v) is 6.90. The van der Waals surface area contributed by atoms with Crippen molar-refractivity contribution in [2.75, 3.05) is 30.8 Å². The maximum Gasteiger partial charge on any atom is 0.244 e. The van der Waals surface area contributed by atoms with Crippen molar-refractivity contribution in [2.45, 2.75) is 45.3 Å². The number of anilines is 1. The largest absolute Gasteiger partial charge is 0.497 e. The van der Waals surface area contributed by atoms with Crippen LogP contribution in [0.25, 0.3) is 0 Å². The molecule has 0 aromatic heterocycles. The minimum absolute atomic E-state index is 0.321. The summed E-state index contributed by atoms with van der Waals surface area (Å²) < 4.78 is 31.5. The van der Waals surface area contributed by atoms with E-state index < -0.39 is 16.1 Å². The van der Waals surface area contributed by atoms with Gasteiger partial charge in [0.25, 0.3) is 0 Å². The summed E-state index contributed by atoms with van der Waals surface area (Å²) in [6, 6.07) is 14.0. The highest BCUT2D eigenvalue weighted by Gasteiger charge is 2.31. The van der Waals surface area contributed by atoms with Gasteiger partial charge < -0.3 is 10.1 Å². The van der Waals surface area contributed by atoms with Crippen molar-refractivity contribution in [1.82, 2.24) is 10.2 Å². The number of hydrogen-bond acceptors (Lipinski definition) is 5. The zero-order chi connectivity index (χ0) is 23.1. The Balaban J connectivity index is 1.71. The lowest BCUT2D eigenvalue weighted by Crippen LogP contribution is -2.49. The van der Waals surface area contributed by atoms with Crippen molar-refractivity contribution in [3.8, 4) is 5.75 Å². The fourth-order valence-corrected chi connectivity index (χ4v) is 5.35. The molecule has 1 amide bonds. The maximum absolute atomic E-state index is 13.0. The molecule has 0 aliphatic carbocycles. The third kappa shape index (κ3) is 6.23. The SMILES string of the molecule is CC[C@H](C(=O)NCc1cccc(CN2CCCC2)c1)N(c1ccc(OC)cc1)S(C)(=O)=O. The van der Waals surface area contributed by atoms with E-state index in [-0.39, 0.29) is 5.91 Å². The molecule has 1 aliphatic heterocycles. The topological polar surface area (TPSA) is 79.0 Å². The van der Waals surface area contributed by atoms with Crippen LogP contribution in [0, 0.1) is 0 Å². The minimum Gasteiger partial charge on any atom is -0.497 e. The van der Waals surface area contributed by atoms with E-state index in [2.05, 4.69) is 22.3 Å². The number of sulfonamides is 1. The number of methoxy groups -OCH3 is 1. The van der Waals surface area contributed by atoms with Crippen LogP contribution in [-0.2, 0) is 27.9 Å². The molecule has 0 unspecified atom stereocenters. The molecule has 1 aliphatic rings. The van der Waals surface area contributed by atoms with Crippen LogP contribution in [0.15, 0.2) is 48.5 Å². The molecule has 2 aromatic rings. The molecule has 1 heterocycles. The Labute approximate surface area is 191 Å². The molecule has 1 saturated heterocycles. The first kappa shape index (κ1) is 24.1. The predicted molar refractivity (Wildman–Crippen MR) is 127 cm³/mol. The number of nitrogens with zero attached hydrogens (tertiary/aromatic N) is 2. The number of carbonyl (C=O) groups is 1. The molecule has 0 bridgehead atoms. The van der Waals surface area contributed by atoms with Gasteiger partial charge in [0.2, 0.25) is 15.9 Å². The van der Waals surface area contributed by atoms with Crippen LogP contribution in [0.5, 0.6) is 5.75 Å². The van der Waals surface area contributed by atoms with E-state index in [1.165, 1.54) is 22.7 Å². The quantitative estimate of drug-likeness (QED) is 0.591. The molecule has 32 heavy (non-hydrogen) atoms. The molecule has 3 rings (SSSR count). The van der Waals surface area contributed by atoms with E-state index in [9.17, 15) is 13.2 Å². The molecule has 2 aromatic carbocycles. The molecule has 174 valence electrons. The summed E-state index contributed by atoms with van der Waals surface area (Å²) in [6.07, 6.45) is 3.97. The van der Waals surface area contributed by atoms with Gasteiger partial charge in [-0.1, -0.05) is 31.2 Å². The monoisotopic (exact) mass is 459 g/mol. The minimum atomic E-state index is -3.67. The van der Waals surface area contributed by atoms with Crippen molar-refractivity contribution >= 4 is 21.6 Å². The number of rotatable bonds is 10. The van der Waals surface area contributed by atoms with Crippen molar-refractivity contribution in [2.24, 2.45) is 0 Å². The fourth-order valence-electron chi connectivity index (χ4n) is 4.13. The normalized spacial score (nSPS) is 15.3. The number of benzene rings is 2. The summed E-state index contributed by atoms with van der Waals surface area (Å²) in [5.41, 5.74) is 2.66. The highest BCUT2D eigenvalue weighted by molar-refractivity contribution is 7.92. The summed E-state index contributed by atoms with van der Waals surface area (Å²) in [5.74, 6) is 0.298. The lowest BCUT2D eigenvalue weighted by molar-refractivity contribution is -0.122. The number of nitrogens with one attached hydrogen (secondary N) is 1. The Morgan fingerprint density at radius 3 is 2.38 bits per heavy atom. The van der Waals surface area contributed by atoms with Gasteiger partial charge >= 0.3 is 0 Å². The number of carbonyl (C=O) groups excluding carboxylic acids is 1. The Hall–Kier alpha value is -2.58. The Kier molecular flexibility index (Phi) is 8.15. The molecule has 7 nitrogen and oxygen atoms in total. The van der Waals surface area contributed by atoms with Crippen LogP contribution in [-0.4, -0.2) is 51.7 Å². The third-order valence-electron chi connectivity index (χ3n) is 5.72. The fraction of sp³-hybridized carbons (Fsp3) is 0.458. The smallest absolute Gasteiger partial charge is 0.244 e. The summed E-state index contributed by atoms with van der Waals surface area (Å²) in [4.78, 5) is 15.5. The molecule has 1 fully saturated rings. The lowest BCUT2D eigenvalue weighted by Gasteiger charge is -2.30. The molecule has 8 heteroatoms. The van der Waals surface area contributed by atoms with Gasteiger partial charge in [0, 0.05) is 13.1 Å². The second kappa shape index (κ2) is 10.8. The number of likely N-dealkylation sites (tertiary alicyclic amines) is 1. The summed E-state index contributed by atoms with van der Waals surface area (Å²) in [7, 11) is -2.12. The van der Waals surface area contributed by atoms with Gasteiger partial charge in [-0.15, -0.1) is 0 Å². The number of amides is 1. The molecule has 0 spiro atoms. The molecule has 0 radical (unpaired) electrons. The van der Waals surface area contributed by atoms with Crippen molar-refractivity contribution in [3.63, 3.8) is 0 Å². The Morgan fingerprint density at radius 1 is 1.12 bits per heavy atom. The number of hydrogen-bond donors (Lipinski definition) is 1. The zero-order valence-corrected chi connectivity index (χ0v) is 19.9. The van der Waals surface area contributed by atoms with Crippen LogP contribution in [0.3, 0.4) is 0 Å². The highest BCUT2D eigenvalue weighted by Crippen LogP contribution is 2.25. The maximum atomic E-state index is 13.0. The Bertz CT molecular complexity index is 1000. The van der Waals surface area contributed by atoms with Gasteiger partial charge in [-0.25, -0.2) is 8.42 Å². The van der Waals surface area contributed by atoms with Crippen molar-refractivity contribution in [3.05, 3.63) is 59.7 Å². The van der Waals surface area contributed by atoms with E-state index in [4.69, 9.17) is 4.74 Å². The van der Waals surface area contributed by atoms with Crippen molar-refractivity contribution < 1.29 is 17.9 Å². The van der Waals surface area contributed by atoms with E-state index in [0.717, 1.165) is 31.5 Å². The summed E-state index contributed by atoms with van der Waals surface area (Å²) in [5, 5.41) is 2.93. The molecule has 1 N–H and O–H groups in total. The number of ether oxygens (including phenoxy) is 1. The lowest BCUT2D eigenvalue weighted by atomic mass is 10.1. The van der Waals surface area contributed by atoms with E-state index in [1.54, 1.807) is 31.4 Å². The van der Waals surface area contributed by atoms with Gasteiger partial charge in [-0.3, -0.25) is 14.0 Å². The molecule has 1 atom stereocenters. The van der Waals surface area contributed by atoms with E-state index in [0.29, 0.717) is 24.4 Å². The van der Waals surface area contributed by atoms with Crippen LogP contribution < -0.4 is 14.4 Å². The summed E-state index contributed by atoms with van der Waals surface area (Å²) in [6.45, 7) is 5.34.